The van der Waals surface area contributed by atoms with E-state index in [2.05, 4.69) is 25.9 Å². The minimum atomic E-state index is -0.373. The van der Waals surface area contributed by atoms with Crippen molar-refractivity contribution >= 4 is 21.9 Å². The number of nitrogens with zero attached hydrogens (tertiary/aromatic N) is 2. The van der Waals surface area contributed by atoms with Crippen LogP contribution in [-0.2, 0) is 0 Å². The molecule has 94 valence electrons. The Morgan fingerprint density at radius 3 is 2.61 bits per heavy atom. The van der Waals surface area contributed by atoms with Crippen molar-refractivity contribution in [2.45, 2.75) is 0 Å². The summed E-state index contributed by atoms with van der Waals surface area (Å²) in [6, 6.07) is 5.72. The number of halogens is 2. The maximum atomic E-state index is 13.1. The smallest absolute Gasteiger partial charge is 0.227 e. The second-order valence-electron chi connectivity index (χ2n) is 3.28. The van der Waals surface area contributed by atoms with Crippen molar-refractivity contribution in [3.05, 3.63) is 34.6 Å². The van der Waals surface area contributed by atoms with Crippen LogP contribution in [0.25, 0.3) is 0 Å². The van der Waals surface area contributed by atoms with E-state index in [4.69, 9.17) is 15.2 Å². The van der Waals surface area contributed by atoms with Gasteiger partial charge in [0.25, 0.3) is 0 Å². The third kappa shape index (κ3) is 2.86. The number of anilines is 1. The highest BCUT2D eigenvalue weighted by Gasteiger charge is 2.06. The molecule has 5 nitrogen and oxygen atoms in total. The molecule has 2 rings (SSSR count). The van der Waals surface area contributed by atoms with E-state index in [0.717, 1.165) is 0 Å². The van der Waals surface area contributed by atoms with Crippen molar-refractivity contribution in [2.75, 3.05) is 12.8 Å². The van der Waals surface area contributed by atoms with Crippen LogP contribution in [0.15, 0.2) is 28.7 Å². The van der Waals surface area contributed by atoms with Gasteiger partial charge in [0, 0.05) is 0 Å². The minimum absolute atomic E-state index is 0.0329. The number of methoxy groups -OCH3 is 1. The number of nitrogens with two attached hydrogens (primary N) is 1. The first-order valence-corrected chi connectivity index (χ1v) is 5.69. The molecule has 2 aromatic rings. The lowest BCUT2D eigenvalue weighted by molar-refractivity contribution is 0.389. The highest BCUT2D eigenvalue weighted by Crippen LogP contribution is 2.27. The largest absolute Gasteiger partial charge is 0.481 e. The molecule has 0 aliphatic rings. The highest BCUT2D eigenvalue weighted by molar-refractivity contribution is 9.10. The van der Waals surface area contributed by atoms with Crippen LogP contribution in [0.4, 0.5) is 10.3 Å². The molecule has 18 heavy (non-hydrogen) atoms. The van der Waals surface area contributed by atoms with E-state index in [1.165, 1.54) is 31.4 Å². The molecule has 0 aliphatic carbocycles. The summed E-state index contributed by atoms with van der Waals surface area (Å²) in [5, 5.41) is 0. The normalized spacial score (nSPS) is 10.2. The Hall–Kier alpha value is -1.89. The zero-order valence-electron chi connectivity index (χ0n) is 9.35. The van der Waals surface area contributed by atoms with Gasteiger partial charge in [0.15, 0.2) is 0 Å². The molecule has 1 heterocycles. The van der Waals surface area contributed by atoms with E-state index >= 15 is 0 Å². The van der Waals surface area contributed by atoms with E-state index in [0.29, 0.717) is 16.1 Å². The number of benzene rings is 1. The first kappa shape index (κ1) is 12.6. The van der Waals surface area contributed by atoms with Gasteiger partial charge in [-0.25, -0.2) is 4.39 Å². The van der Waals surface area contributed by atoms with Crippen molar-refractivity contribution in [2.24, 2.45) is 0 Å². The van der Waals surface area contributed by atoms with Gasteiger partial charge in [-0.3, -0.25) is 0 Å². The quantitative estimate of drug-likeness (QED) is 0.943. The summed E-state index contributed by atoms with van der Waals surface area (Å²) >= 11 is 3.06. The third-order valence-corrected chi connectivity index (χ3v) is 2.63. The third-order valence-electron chi connectivity index (χ3n) is 2.02. The van der Waals surface area contributed by atoms with Crippen LogP contribution in [-0.4, -0.2) is 17.1 Å². The van der Waals surface area contributed by atoms with Crippen LogP contribution < -0.4 is 15.2 Å². The van der Waals surface area contributed by atoms with Gasteiger partial charge in [-0.05, 0) is 34.1 Å². The van der Waals surface area contributed by atoms with E-state index in [1.54, 1.807) is 0 Å². The Labute approximate surface area is 111 Å². The number of rotatable bonds is 3. The molecule has 0 unspecified atom stereocenters. The second-order valence-corrected chi connectivity index (χ2v) is 4.14. The predicted molar refractivity (Wildman–Crippen MR) is 67.2 cm³/mol. The average Bonchev–Trinajstić information content (AvgIpc) is 2.33. The predicted octanol–water partition coefficient (Wildman–Crippen LogP) is 2.76. The van der Waals surface area contributed by atoms with E-state index in [1.807, 2.05) is 0 Å². The summed E-state index contributed by atoms with van der Waals surface area (Å²) in [4.78, 5) is 7.71. The number of hydrogen-bond acceptors (Lipinski definition) is 5. The monoisotopic (exact) mass is 313 g/mol. The van der Waals surface area contributed by atoms with Crippen LogP contribution >= 0.6 is 15.9 Å². The molecule has 1 aromatic carbocycles. The number of nitrogen functional groups attached to an aromatic ring is 1. The number of hydrogen-bond donors (Lipinski definition) is 1. The highest BCUT2D eigenvalue weighted by atomic mass is 79.9. The minimum Gasteiger partial charge on any atom is -0.481 e. The van der Waals surface area contributed by atoms with Crippen molar-refractivity contribution in [1.29, 1.82) is 0 Å². The van der Waals surface area contributed by atoms with Crippen molar-refractivity contribution < 1.29 is 13.9 Å². The van der Waals surface area contributed by atoms with Gasteiger partial charge in [0.05, 0.1) is 17.6 Å². The molecule has 2 N–H and O–H groups in total. The molecular formula is C11H9BrFN3O2. The molecule has 0 saturated heterocycles. The zero-order valence-corrected chi connectivity index (χ0v) is 10.9. The van der Waals surface area contributed by atoms with Gasteiger partial charge >= 0.3 is 0 Å². The number of ether oxygens (including phenoxy) is 2. The molecule has 0 radical (unpaired) electrons. The maximum Gasteiger partial charge on any atom is 0.227 e. The fraction of sp³-hybridized carbons (Fsp3) is 0.0909. The molecule has 0 fully saturated rings. The topological polar surface area (TPSA) is 70.3 Å². The fourth-order valence-electron chi connectivity index (χ4n) is 1.24. The summed E-state index contributed by atoms with van der Waals surface area (Å²) in [5.74, 6) is 0.590. The first-order valence-electron chi connectivity index (χ1n) is 4.90. The summed E-state index contributed by atoms with van der Waals surface area (Å²) in [6.45, 7) is 0. The van der Waals surface area contributed by atoms with Crippen LogP contribution in [0.3, 0.4) is 0 Å². The summed E-state index contributed by atoms with van der Waals surface area (Å²) in [7, 11) is 1.46. The van der Waals surface area contributed by atoms with Gasteiger partial charge in [-0.1, -0.05) is 0 Å². The van der Waals surface area contributed by atoms with Crippen molar-refractivity contribution in [1.82, 2.24) is 9.97 Å². The van der Waals surface area contributed by atoms with Gasteiger partial charge < -0.3 is 15.2 Å². The summed E-state index contributed by atoms with van der Waals surface area (Å²) in [6.07, 6.45) is 0. The zero-order chi connectivity index (χ0) is 13.1. The second kappa shape index (κ2) is 5.18. The van der Waals surface area contributed by atoms with Gasteiger partial charge in [-0.15, -0.1) is 0 Å². The Kier molecular flexibility index (Phi) is 3.61. The lowest BCUT2D eigenvalue weighted by atomic mass is 10.3. The lowest BCUT2D eigenvalue weighted by Crippen LogP contribution is -1.99. The standard InChI is InChI=1S/C11H9BrFN3O2/c1-17-9-5-10(16-11(14)15-9)18-6-2-3-8(13)7(12)4-6/h2-5H,1H3,(H2,14,15,16). The summed E-state index contributed by atoms with van der Waals surface area (Å²) < 4.78 is 23.7. The average molecular weight is 314 g/mol. The van der Waals surface area contributed by atoms with Gasteiger partial charge in [0.2, 0.25) is 17.7 Å². The van der Waals surface area contributed by atoms with Crippen LogP contribution in [0.1, 0.15) is 0 Å². The van der Waals surface area contributed by atoms with Crippen molar-refractivity contribution in [3.8, 4) is 17.5 Å². The molecule has 0 amide bonds. The van der Waals surface area contributed by atoms with E-state index < -0.39 is 0 Å². The number of aromatic nitrogens is 2. The van der Waals surface area contributed by atoms with Crippen molar-refractivity contribution in [3.63, 3.8) is 0 Å². The Bertz CT molecular complexity index is 580. The van der Waals surface area contributed by atoms with E-state index in [-0.39, 0.29) is 17.6 Å². The Morgan fingerprint density at radius 2 is 1.94 bits per heavy atom. The molecule has 1 aromatic heterocycles. The Balaban J connectivity index is 2.27. The van der Waals surface area contributed by atoms with Gasteiger partial charge in [-0.2, -0.15) is 9.97 Å². The molecule has 0 spiro atoms. The molecule has 0 aliphatic heterocycles. The SMILES string of the molecule is COc1cc(Oc2ccc(F)c(Br)c2)nc(N)n1. The maximum absolute atomic E-state index is 13.1. The summed E-state index contributed by atoms with van der Waals surface area (Å²) in [5.41, 5.74) is 5.49. The molecule has 0 atom stereocenters. The lowest BCUT2D eigenvalue weighted by Gasteiger charge is -2.07. The molecule has 0 saturated carbocycles. The van der Waals surface area contributed by atoms with Crippen LogP contribution in [0.5, 0.6) is 17.5 Å². The Morgan fingerprint density at radius 1 is 1.22 bits per heavy atom. The molecular weight excluding hydrogens is 305 g/mol. The fourth-order valence-corrected chi connectivity index (χ4v) is 1.60. The van der Waals surface area contributed by atoms with Crippen LogP contribution in [0, 0.1) is 5.82 Å². The van der Waals surface area contributed by atoms with Gasteiger partial charge in [0.1, 0.15) is 11.6 Å². The molecule has 0 bridgehead atoms. The first-order chi connectivity index (χ1) is 8.58. The van der Waals surface area contributed by atoms with E-state index in [9.17, 15) is 4.39 Å². The molecule has 7 heteroatoms. The van der Waals surface area contributed by atoms with Crippen LogP contribution in [0.2, 0.25) is 0 Å².